The number of rotatable bonds is 7. The first-order valence-corrected chi connectivity index (χ1v) is 12.5. The van der Waals surface area contributed by atoms with E-state index in [2.05, 4.69) is 4.85 Å². The zero-order valence-corrected chi connectivity index (χ0v) is 22.7. The summed E-state index contributed by atoms with van der Waals surface area (Å²) in [5.41, 5.74) is -6.21. The number of halogens is 6. The van der Waals surface area contributed by atoms with Gasteiger partial charge in [0.25, 0.3) is 5.70 Å². The molecule has 0 bridgehead atoms. The van der Waals surface area contributed by atoms with Crippen LogP contribution in [0.1, 0.15) is 16.0 Å². The second-order valence-corrected chi connectivity index (χ2v) is 10.0. The maximum Gasteiger partial charge on any atom is 0.380 e. The van der Waals surface area contributed by atoms with E-state index in [1.54, 1.807) is 30.3 Å². The van der Waals surface area contributed by atoms with Crippen LogP contribution in [0.2, 0.25) is 0 Å². The van der Waals surface area contributed by atoms with Gasteiger partial charge in [0.15, 0.2) is 11.5 Å². The first-order valence-electron chi connectivity index (χ1n) is 11.7. The molecule has 0 fully saturated rings. The second-order valence-electron chi connectivity index (χ2n) is 8.78. The Bertz CT molecular complexity index is 1620. The van der Waals surface area contributed by atoms with Gasteiger partial charge in [0.05, 0.1) is 34.0 Å². The van der Waals surface area contributed by atoms with Crippen molar-refractivity contribution in [2.75, 3.05) is 21.3 Å². The molecule has 0 atom stereocenters. The highest BCUT2D eigenvalue weighted by Gasteiger charge is 2.80. The maximum absolute atomic E-state index is 15.7. The van der Waals surface area contributed by atoms with Crippen LogP contribution in [0.5, 0.6) is 17.2 Å². The van der Waals surface area contributed by atoms with Gasteiger partial charge in [0.2, 0.25) is 5.75 Å². The van der Waals surface area contributed by atoms with Crippen molar-refractivity contribution in [3.8, 4) is 33.8 Å². The fraction of sp³-hybridized carbons (Fsp3) is 0.241. The van der Waals surface area contributed by atoms with Crippen LogP contribution in [-0.4, -0.2) is 39.1 Å². The van der Waals surface area contributed by atoms with Crippen LogP contribution in [0.15, 0.2) is 59.8 Å². The maximum atomic E-state index is 15.7. The fourth-order valence-electron chi connectivity index (χ4n) is 4.65. The van der Waals surface area contributed by atoms with Crippen molar-refractivity contribution in [2.24, 2.45) is 0 Å². The molecule has 4 rings (SSSR count). The Balaban J connectivity index is 2.19. The molecule has 0 radical (unpaired) electrons. The predicted octanol–water partition coefficient (Wildman–Crippen LogP) is 8.28. The third-order valence-electron chi connectivity index (χ3n) is 6.57. The summed E-state index contributed by atoms with van der Waals surface area (Å²) < 4.78 is 109. The fourth-order valence-corrected chi connectivity index (χ4v) is 5.68. The van der Waals surface area contributed by atoms with Crippen LogP contribution < -0.4 is 14.2 Å². The minimum absolute atomic E-state index is 0.0244. The molecule has 0 amide bonds. The van der Waals surface area contributed by atoms with Gasteiger partial charge in [-0.05, 0) is 41.8 Å². The summed E-state index contributed by atoms with van der Waals surface area (Å²) in [5, 5.41) is 9.72. The highest BCUT2D eigenvalue weighted by molar-refractivity contribution is 7.15. The molecular formula is C29H20F6N2O3S. The van der Waals surface area contributed by atoms with Gasteiger partial charge in [-0.2, -0.15) is 26.3 Å². The largest absolute Gasteiger partial charge is 0.493 e. The molecular weight excluding hydrogens is 570 g/mol. The number of allylic oxidation sites excluding steroid dienone is 4. The standard InChI is InChI=1S/C29H20F6N2O3S/c1-15-18(13-22(41-15)16-9-7-6-8-10-16)24-25(28(32,33)29(34,35)27(24,30)31)23(19(14-36)37-2)17-11-20(38-3)26(40-5)21(12-17)39-4/h6-13H,1,3-5H3. The van der Waals surface area contributed by atoms with E-state index in [1.165, 1.54) is 34.3 Å². The quantitative estimate of drug-likeness (QED) is 0.158. The van der Waals surface area contributed by atoms with Gasteiger partial charge in [0, 0.05) is 26.5 Å². The minimum Gasteiger partial charge on any atom is -0.493 e. The lowest BCUT2D eigenvalue weighted by molar-refractivity contribution is -0.258. The Hall–Kier alpha value is -4.42. The summed E-state index contributed by atoms with van der Waals surface area (Å²) in [4.78, 5) is 3.36. The molecule has 2 aromatic carbocycles. The second kappa shape index (κ2) is 10.5. The normalized spacial score (nSPS) is 17.4. The van der Waals surface area contributed by atoms with E-state index in [0.29, 0.717) is 10.4 Å². The van der Waals surface area contributed by atoms with Gasteiger partial charge in [-0.25, -0.2) is 10.1 Å². The molecule has 3 aromatic rings. The van der Waals surface area contributed by atoms with Crippen LogP contribution in [0, 0.1) is 24.8 Å². The summed E-state index contributed by atoms with van der Waals surface area (Å²) >= 11 is 0.947. The average molecular weight is 591 g/mol. The number of benzene rings is 2. The highest BCUT2D eigenvalue weighted by Crippen LogP contribution is 2.66. The molecule has 12 heteroatoms. The Labute approximate surface area is 235 Å². The Morgan fingerprint density at radius 2 is 1.49 bits per heavy atom. The monoisotopic (exact) mass is 590 g/mol. The number of hydrogen-bond donors (Lipinski definition) is 0. The lowest BCUT2D eigenvalue weighted by atomic mass is 9.88. The van der Waals surface area contributed by atoms with Gasteiger partial charge < -0.3 is 14.2 Å². The van der Waals surface area contributed by atoms with Gasteiger partial charge >= 0.3 is 17.8 Å². The molecule has 1 aromatic heterocycles. The van der Waals surface area contributed by atoms with E-state index >= 15 is 26.3 Å². The van der Waals surface area contributed by atoms with E-state index in [-0.39, 0.29) is 22.1 Å². The number of methoxy groups -OCH3 is 3. The first kappa shape index (κ1) is 29.6. The van der Waals surface area contributed by atoms with Crippen molar-refractivity contribution in [2.45, 2.75) is 24.7 Å². The number of alkyl halides is 6. The van der Waals surface area contributed by atoms with Gasteiger partial charge in [0.1, 0.15) is 0 Å². The van der Waals surface area contributed by atoms with Crippen LogP contribution >= 0.6 is 11.3 Å². The van der Waals surface area contributed by atoms with Crippen molar-refractivity contribution >= 4 is 22.5 Å². The molecule has 1 aliphatic rings. The van der Waals surface area contributed by atoms with Crippen molar-refractivity contribution in [1.29, 1.82) is 5.26 Å². The minimum atomic E-state index is -5.90. The van der Waals surface area contributed by atoms with Gasteiger partial charge in [-0.15, -0.1) is 11.3 Å². The number of nitrogens with zero attached hydrogens (tertiary/aromatic N) is 2. The molecule has 0 saturated heterocycles. The third kappa shape index (κ3) is 4.39. The van der Waals surface area contributed by atoms with Crippen LogP contribution in [0.25, 0.3) is 26.4 Å². The van der Waals surface area contributed by atoms with Crippen molar-refractivity contribution in [3.05, 3.63) is 87.2 Å². The first-order chi connectivity index (χ1) is 19.3. The molecule has 0 aliphatic heterocycles. The Morgan fingerprint density at radius 3 is 1.98 bits per heavy atom. The lowest BCUT2D eigenvalue weighted by Gasteiger charge is -2.26. The number of thiophene rings is 1. The molecule has 1 aliphatic carbocycles. The van der Waals surface area contributed by atoms with Crippen LogP contribution in [0.4, 0.5) is 26.3 Å². The summed E-state index contributed by atoms with van der Waals surface area (Å²) in [6.45, 7) is 8.79. The third-order valence-corrected chi connectivity index (χ3v) is 7.67. The van der Waals surface area contributed by atoms with E-state index in [0.717, 1.165) is 29.5 Å². The summed E-state index contributed by atoms with van der Waals surface area (Å²) in [7, 11) is 3.61. The SMILES string of the molecule is [C-]#[N+]C(C#N)=C(C1=C(c2cc(-c3ccccc3)sc2C)C(F)(F)C(F)(F)C1(F)F)c1cc(OC)c(OC)c(OC)c1. The molecule has 0 spiro atoms. The van der Waals surface area contributed by atoms with Crippen LogP contribution in [0.3, 0.4) is 0 Å². The summed E-state index contributed by atoms with van der Waals surface area (Å²) in [6, 6.07) is 12.9. The molecule has 0 unspecified atom stereocenters. The van der Waals surface area contributed by atoms with Crippen molar-refractivity contribution < 1.29 is 40.6 Å². The number of hydrogen-bond acceptors (Lipinski definition) is 5. The number of ether oxygens (including phenoxy) is 3. The Kier molecular flexibility index (Phi) is 7.59. The van der Waals surface area contributed by atoms with Crippen molar-refractivity contribution in [3.63, 3.8) is 0 Å². The lowest BCUT2D eigenvalue weighted by Crippen LogP contribution is -2.49. The zero-order valence-electron chi connectivity index (χ0n) is 21.9. The number of aryl methyl sites for hydroxylation is 1. The molecule has 5 nitrogen and oxygen atoms in total. The van der Waals surface area contributed by atoms with Crippen LogP contribution in [-0.2, 0) is 0 Å². The van der Waals surface area contributed by atoms with Gasteiger partial charge in [-0.3, -0.25) is 0 Å². The smallest absolute Gasteiger partial charge is 0.380 e. The molecule has 212 valence electrons. The topological polar surface area (TPSA) is 55.8 Å². The molecule has 0 saturated carbocycles. The molecule has 1 heterocycles. The van der Waals surface area contributed by atoms with E-state index < -0.39 is 51.3 Å². The average Bonchev–Trinajstić information content (AvgIpc) is 3.38. The summed E-state index contributed by atoms with van der Waals surface area (Å²) in [6.07, 6.45) is 0. The summed E-state index contributed by atoms with van der Waals surface area (Å²) in [5.74, 6) is -17.1. The number of nitriles is 1. The molecule has 41 heavy (non-hydrogen) atoms. The van der Waals surface area contributed by atoms with E-state index in [1.807, 2.05) is 0 Å². The van der Waals surface area contributed by atoms with E-state index in [4.69, 9.17) is 20.8 Å². The predicted molar refractivity (Wildman–Crippen MR) is 141 cm³/mol. The highest BCUT2D eigenvalue weighted by atomic mass is 32.1. The van der Waals surface area contributed by atoms with Gasteiger partial charge in [-0.1, -0.05) is 30.3 Å². The van der Waals surface area contributed by atoms with E-state index in [9.17, 15) is 5.26 Å². The van der Waals surface area contributed by atoms with Crippen molar-refractivity contribution in [1.82, 2.24) is 0 Å². The zero-order chi connectivity index (χ0) is 30.3. The molecule has 0 N–H and O–H groups in total. The Morgan fingerprint density at radius 1 is 0.902 bits per heavy atom.